The first-order valence-electron chi connectivity index (χ1n) is 8.25. The molecule has 4 nitrogen and oxygen atoms in total. The number of carbonyl (C=O) groups excluding carboxylic acids is 1. The number of methoxy groups -OCH3 is 1. The monoisotopic (exact) mass is 370 g/mol. The third-order valence-electron chi connectivity index (χ3n) is 3.92. The zero-order valence-corrected chi connectivity index (χ0v) is 15.9. The van der Waals surface area contributed by atoms with Crippen molar-refractivity contribution in [3.63, 3.8) is 0 Å². The standard InChI is InChI=1S/C21H22O4S/c1-14(2)15-8-6-9-16(11-15)21(24)26-13-17-7-4-5-10-18(17)19(12-25-3)20(22)23/h4-12,14H,13H2,1-3H3,(H,22,23). The summed E-state index contributed by atoms with van der Waals surface area (Å²) in [6.07, 6.45) is 1.21. The predicted octanol–water partition coefficient (Wildman–Crippen LogP) is 4.96. The van der Waals surface area contributed by atoms with E-state index in [1.807, 2.05) is 30.3 Å². The van der Waals surface area contributed by atoms with Crippen molar-refractivity contribution in [1.82, 2.24) is 0 Å². The molecule has 0 unspecified atom stereocenters. The highest BCUT2D eigenvalue weighted by Gasteiger charge is 2.16. The maximum atomic E-state index is 12.5. The number of carbonyl (C=O) groups is 2. The first-order chi connectivity index (χ1) is 12.4. The molecule has 0 aliphatic heterocycles. The van der Waals surface area contributed by atoms with E-state index in [-0.39, 0.29) is 10.7 Å². The zero-order valence-electron chi connectivity index (χ0n) is 15.1. The molecule has 0 bridgehead atoms. The van der Waals surface area contributed by atoms with Crippen LogP contribution in [0.2, 0.25) is 0 Å². The lowest BCUT2D eigenvalue weighted by molar-refractivity contribution is -0.130. The van der Waals surface area contributed by atoms with Gasteiger partial charge in [0.2, 0.25) is 5.12 Å². The van der Waals surface area contributed by atoms with Gasteiger partial charge >= 0.3 is 5.97 Å². The molecule has 2 aromatic carbocycles. The number of benzene rings is 2. The average Bonchev–Trinajstić information content (AvgIpc) is 2.64. The summed E-state index contributed by atoms with van der Waals surface area (Å²) in [5, 5.41) is 9.37. The Morgan fingerprint density at radius 2 is 1.88 bits per heavy atom. The Morgan fingerprint density at radius 3 is 2.54 bits per heavy atom. The van der Waals surface area contributed by atoms with Crippen LogP contribution in [-0.2, 0) is 15.3 Å². The molecule has 1 N–H and O–H groups in total. The highest BCUT2D eigenvalue weighted by molar-refractivity contribution is 8.13. The average molecular weight is 370 g/mol. The van der Waals surface area contributed by atoms with Crippen LogP contribution in [0.1, 0.15) is 46.8 Å². The van der Waals surface area contributed by atoms with E-state index >= 15 is 0 Å². The third-order valence-corrected chi connectivity index (χ3v) is 4.87. The van der Waals surface area contributed by atoms with Gasteiger partial charge in [-0.3, -0.25) is 4.79 Å². The SMILES string of the molecule is COC=C(C(=O)O)c1ccccc1CSC(=O)c1cccc(C(C)C)c1. The molecule has 0 amide bonds. The van der Waals surface area contributed by atoms with Crippen molar-refractivity contribution < 1.29 is 19.4 Å². The molecule has 0 aliphatic carbocycles. The minimum atomic E-state index is -1.07. The van der Waals surface area contributed by atoms with Gasteiger partial charge in [0.1, 0.15) is 5.57 Å². The molecule has 2 rings (SSSR count). The van der Waals surface area contributed by atoms with Gasteiger partial charge in [0.15, 0.2) is 0 Å². The van der Waals surface area contributed by atoms with Gasteiger partial charge in [-0.05, 0) is 28.7 Å². The second-order valence-electron chi connectivity index (χ2n) is 6.09. The van der Waals surface area contributed by atoms with E-state index in [0.29, 0.717) is 22.8 Å². The molecular weight excluding hydrogens is 348 g/mol. The number of aliphatic carboxylic acids is 1. The number of hydrogen-bond acceptors (Lipinski definition) is 4. The van der Waals surface area contributed by atoms with Crippen LogP contribution < -0.4 is 0 Å². The molecule has 0 aliphatic rings. The molecule has 5 heteroatoms. The lowest BCUT2D eigenvalue weighted by atomic mass is 10.0. The number of carboxylic acid groups (broad SMARTS) is 1. The number of carboxylic acids is 1. The molecule has 0 atom stereocenters. The van der Waals surface area contributed by atoms with E-state index in [2.05, 4.69) is 13.8 Å². The Hall–Kier alpha value is -2.53. The first-order valence-corrected chi connectivity index (χ1v) is 9.24. The van der Waals surface area contributed by atoms with Crippen LogP contribution in [0.5, 0.6) is 0 Å². The fourth-order valence-corrected chi connectivity index (χ4v) is 3.34. The zero-order chi connectivity index (χ0) is 19.1. The third kappa shape index (κ3) is 4.99. The summed E-state index contributed by atoms with van der Waals surface area (Å²) < 4.78 is 4.89. The highest BCUT2D eigenvalue weighted by atomic mass is 32.2. The molecule has 136 valence electrons. The van der Waals surface area contributed by atoms with Crippen molar-refractivity contribution in [1.29, 1.82) is 0 Å². The predicted molar refractivity (Wildman–Crippen MR) is 105 cm³/mol. The minimum Gasteiger partial charge on any atom is -0.503 e. The van der Waals surface area contributed by atoms with Crippen LogP contribution >= 0.6 is 11.8 Å². The van der Waals surface area contributed by atoms with Gasteiger partial charge in [-0.1, -0.05) is 68.1 Å². The van der Waals surface area contributed by atoms with Crippen LogP contribution in [0.25, 0.3) is 5.57 Å². The van der Waals surface area contributed by atoms with Crippen LogP contribution in [0, 0.1) is 0 Å². The van der Waals surface area contributed by atoms with Gasteiger partial charge in [0, 0.05) is 11.3 Å². The van der Waals surface area contributed by atoms with Crippen LogP contribution in [-0.4, -0.2) is 23.3 Å². The quantitative estimate of drug-likeness (QED) is 0.551. The van der Waals surface area contributed by atoms with Gasteiger partial charge in [0.25, 0.3) is 0 Å². The maximum absolute atomic E-state index is 12.5. The Balaban J connectivity index is 2.20. The molecule has 0 radical (unpaired) electrons. The van der Waals surface area contributed by atoms with Gasteiger partial charge in [0.05, 0.1) is 13.4 Å². The lowest BCUT2D eigenvalue weighted by Gasteiger charge is -2.10. The Morgan fingerprint density at radius 1 is 1.15 bits per heavy atom. The summed E-state index contributed by atoms with van der Waals surface area (Å²) in [5.74, 6) is -0.332. The summed E-state index contributed by atoms with van der Waals surface area (Å²) in [4.78, 5) is 24.0. The molecule has 0 fully saturated rings. The molecule has 0 saturated heterocycles. The Labute approximate surface area is 157 Å². The van der Waals surface area contributed by atoms with E-state index < -0.39 is 5.97 Å². The maximum Gasteiger partial charge on any atom is 0.339 e. The molecule has 0 saturated carbocycles. The van der Waals surface area contributed by atoms with Gasteiger partial charge in [-0.2, -0.15) is 0 Å². The number of thioether (sulfide) groups is 1. The van der Waals surface area contributed by atoms with Crippen molar-refractivity contribution in [2.45, 2.75) is 25.5 Å². The van der Waals surface area contributed by atoms with E-state index in [1.54, 1.807) is 18.2 Å². The second-order valence-corrected chi connectivity index (χ2v) is 7.03. The molecule has 26 heavy (non-hydrogen) atoms. The van der Waals surface area contributed by atoms with E-state index in [0.717, 1.165) is 22.9 Å². The largest absolute Gasteiger partial charge is 0.503 e. The van der Waals surface area contributed by atoms with Gasteiger partial charge in [-0.15, -0.1) is 0 Å². The second kappa shape index (κ2) is 9.25. The van der Waals surface area contributed by atoms with Crippen LogP contribution in [0.3, 0.4) is 0 Å². The van der Waals surface area contributed by atoms with E-state index in [1.165, 1.54) is 13.4 Å². The summed E-state index contributed by atoms with van der Waals surface area (Å²) in [7, 11) is 1.41. The van der Waals surface area contributed by atoms with Crippen LogP contribution in [0.15, 0.2) is 54.8 Å². The minimum absolute atomic E-state index is 0.0325. The molecular formula is C21H22O4S. The van der Waals surface area contributed by atoms with Crippen molar-refractivity contribution in [3.05, 3.63) is 77.0 Å². The van der Waals surface area contributed by atoms with Crippen molar-refractivity contribution >= 4 is 28.4 Å². The highest BCUT2D eigenvalue weighted by Crippen LogP contribution is 2.26. The molecule has 0 spiro atoms. The smallest absolute Gasteiger partial charge is 0.339 e. The number of rotatable bonds is 7. The van der Waals surface area contributed by atoms with Gasteiger partial charge in [-0.25, -0.2) is 4.79 Å². The molecule has 2 aromatic rings. The summed E-state index contributed by atoms with van der Waals surface area (Å²) >= 11 is 1.16. The number of hydrogen-bond donors (Lipinski definition) is 1. The fraction of sp³-hybridized carbons (Fsp3) is 0.238. The van der Waals surface area contributed by atoms with Gasteiger partial charge < -0.3 is 9.84 Å². The van der Waals surface area contributed by atoms with Crippen LogP contribution in [0.4, 0.5) is 0 Å². The van der Waals surface area contributed by atoms with Crippen molar-refractivity contribution in [3.8, 4) is 0 Å². The Bertz CT molecular complexity index is 824. The molecule has 0 aromatic heterocycles. The summed E-state index contributed by atoms with van der Waals surface area (Å²) in [6.45, 7) is 4.17. The fourth-order valence-electron chi connectivity index (χ4n) is 2.51. The summed E-state index contributed by atoms with van der Waals surface area (Å²) in [6, 6.07) is 14.8. The van der Waals surface area contributed by atoms with Crippen molar-refractivity contribution in [2.75, 3.05) is 7.11 Å². The lowest BCUT2D eigenvalue weighted by Crippen LogP contribution is -2.04. The van der Waals surface area contributed by atoms with E-state index in [9.17, 15) is 14.7 Å². The molecule has 0 heterocycles. The Kier molecular flexibility index (Phi) is 7.04. The number of ether oxygens (including phenoxy) is 1. The van der Waals surface area contributed by atoms with Crippen molar-refractivity contribution in [2.24, 2.45) is 0 Å². The normalized spacial score (nSPS) is 11.5. The summed E-state index contributed by atoms with van der Waals surface area (Å²) in [5.41, 5.74) is 3.17. The van der Waals surface area contributed by atoms with E-state index in [4.69, 9.17) is 4.74 Å². The topological polar surface area (TPSA) is 63.6 Å². The first kappa shape index (κ1) is 19.8.